The summed E-state index contributed by atoms with van der Waals surface area (Å²) in [5, 5.41) is 3.40. The van der Waals surface area contributed by atoms with E-state index in [1.54, 1.807) is 0 Å². The molecule has 2 fully saturated rings. The molecule has 2 saturated carbocycles. The average molecular weight is 237 g/mol. The smallest absolute Gasteiger partial charge is 0.189 e. The van der Waals surface area contributed by atoms with Crippen LogP contribution in [-0.2, 0) is 0 Å². The van der Waals surface area contributed by atoms with Crippen molar-refractivity contribution in [2.24, 2.45) is 16.6 Å². The number of aliphatic imine (C=N–C) groups is 1. The van der Waals surface area contributed by atoms with Crippen molar-refractivity contribution in [2.45, 2.75) is 76.8 Å². The van der Waals surface area contributed by atoms with E-state index in [2.05, 4.69) is 12.2 Å². The van der Waals surface area contributed by atoms with Crippen LogP contribution in [0.3, 0.4) is 0 Å². The van der Waals surface area contributed by atoms with Gasteiger partial charge >= 0.3 is 0 Å². The number of guanidine groups is 1. The first-order valence-electron chi connectivity index (χ1n) is 7.39. The van der Waals surface area contributed by atoms with Crippen molar-refractivity contribution in [2.75, 3.05) is 0 Å². The lowest BCUT2D eigenvalue weighted by molar-refractivity contribution is 0.301. The van der Waals surface area contributed by atoms with E-state index in [0.29, 0.717) is 18.0 Å². The van der Waals surface area contributed by atoms with E-state index in [1.165, 1.54) is 57.8 Å². The van der Waals surface area contributed by atoms with Crippen LogP contribution < -0.4 is 11.1 Å². The first-order valence-corrected chi connectivity index (χ1v) is 7.39. The molecule has 3 heteroatoms. The lowest BCUT2D eigenvalue weighted by Gasteiger charge is -2.28. The second-order valence-corrected chi connectivity index (χ2v) is 5.66. The maximum atomic E-state index is 6.04. The van der Waals surface area contributed by atoms with Gasteiger partial charge < -0.3 is 11.1 Å². The van der Waals surface area contributed by atoms with E-state index in [9.17, 15) is 0 Å². The second-order valence-electron chi connectivity index (χ2n) is 5.66. The van der Waals surface area contributed by atoms with Gasteiger partial charge in [0.15, 0.2) is 5.96 Å². The van der Waals surface area contributed by atoms with Crippen molar-refractivity contribution < 1.29 is 0 Å². The van der Waals surface area contributed by atoms with Gasteiger partial charge in [0, 0.05) is 6.04 Å². The fourth-order valence-electron chi connectivity index (χ4n) is 3.33. The Hall–Kier alpha value is -0.730. The highest BCUT2D eigenvalue weighted by Crippen LogP contribution is 2.29. The van der Waals surface area contributed by atoms with E-state index in [0.717, 1.165) is 5.92 Å². The molecule has 2 atom stereocenters. The summed E-state index contributed by atoms with van der Waals surface area (Å²) in [6.45, 7) is 2.28. The van der Waals surface area contributed by atoms with E-state index in [4.69, 9.17) is 10.7 Å². The fraction of sp³-hybridized carbons (Fsp3) is 0.929. The van der Waals surface area contributed by atoms with Gasteiger partial charge in [-0.1, -0.05) is 39.0 Å². The Bertz CT molecular complexity index is 256. The predicted octanol–water partition coefficient (Wildman–Crippen LogP) is 2.80. The summed E-state index contributed by atoms with van der Waals surface area (Å²) < 4.78 is 0. The molecular weight excluding hydrogens is 210 g/mol. The van der Waals surface area contributed by atoms with Crippen molar-refractivity contribution in [1.29, 1.82) is 0 Å². The van der Waals surface area contributed by atoms with Gasteiger partial charge in [0.25, 0.3) is 0 Å². The van der Waals surface area contributed by atoms with Gasteiger partial charge in [-0.05, 0) is 31.6 Å². The van der Waals surface area contributed by atoms with E-state index in [1.807, 2.05) is 0 Å². The molecule has 98 valence electrons. The third-order valence-corrected chi connectivity index (χ3v) is 4.41. The van der Waals surface area contributed by atoms with Gasteiger partial charge in [-0.15, -0.1) is 0 Å². The zero-order valence-corrected chi connectivity index (χ0v) is 11.1. The maximum absolute atomic E-state index is 6.04. The summed E-state index contributed by atoms with van der Waals surface area (Å²) in [5.41, 5.74) is 6.04. The molecule has 2 rings (SSSR count). The summed E-state index contributed by atoms with van der Waals surface area (Å²) in [5.74, 6) is 1.45. The number of nitrogens with two attached hydrogens (primary N) is 1. The third kappa shape index (κ3) is 3.62. The molecule has 2 aliphatic carbocycles. The van der Waals surface area contributed by atoms with Crippen LogP contribution in [0.1, 0.15) is 64.7 Å². The summed E-state index contributed by atoms with van der Waals surface area (Å²) >= 11 is 0. The molecule has 0 heterocycles. The number of hydrogen-bond acceptors (Lipinski definition) is 1. The molecule has 3 nitrogen and oxygen atoms in total. The Balaban J connectivity index is 1.86. The topological polar surface area (TPSA) is 50.4 Å². The zero-order chi connectivity index (χ0) is 12.1. The molecule has 0 aliphatic heterocycles. The van der Waals surface area contributed by atoms with Crippen molar-refractivity contribution in [3.8, 4) is 0 Å². The predicted molar refractivity (Wildman–Crippen MR) is 73.1 cm³/mol. The Kier molecular flexibility index (Phi) is 4.69. The van der Waals surface area contributed by atoms with Crippen LogP contribution in [-0.4, -0.2) is 18.0 Å². The Morgan fingerprint density at radius 2 is 1.76 bits per heavy atom. The van der Waals surface area contributed by atoms with E-state index >= 15 is 0 Å². The standard InChI is InChI=1S/C14H27N3/c1-2-11-7-3-6-10-13(11)17-14(15)16-12-8-4-5-9-12/h11-13H,2-10H2,1H3,(H3,15,16,17). The van der Waals surface area contributed by atoms with Gasteiger partial charge in [-0.25, -0.2) is 4.99 Å². The lowest BCUT2D eigenvalue weighted by Crippen LogP contribution is -2.40. The molecule has 0 aromatic heterocycles. The second kappa shape index (κ2) is 6.27. The SMILES string of the molecule is CCC1CCCCC1N=C(N)NC1CCCC1. The number of rotatable bonds is 3. The average Bonchev–Trinajstić information content (AvgIpc) is 2.82. The van der Waals surface area contributed by atoms with E-state index in [-0.39, 0.29) is 0 Å². The minimum Gasteiger partial charge on any atom is -0.370 e. The maximum Gasteiger partial charge on any atom is 0.189 e. The third-order valence-electron chi connectivity index (χ3n) is 4.41. The first kappa shape index (κ1) is 12.7. The molecule has 3 N–H and O–H groups in total. The van der Waals surface area contributed by atoms with Crippen LogP contribution in [0.4, 0.5) is 0 Å². The zero-order valence-electron chi connectivity index (χ0n) is 11.1. The Morgan fingerprint density at radius 1 is 1.12 bits per heavy atom. The van der Waals surface area contributed by atoms with Crippen LogP contribution in [0.2, 0.25) is 0 Å². The van der Waals surface area contributed by atoms with Gasteiger partial charge in [-0.2, -0.15) is 0 Å². The lowest BCUT2D eigenvalue weighted by atomic mass is 9.83. The van der Waals surface area contributed by atoms with Gasteiger partial charge in [0.2, 0.25) is 0 Å². The molecule has 0 bridgehead atoms. The monoisotopic (exact) mass is 237 g/mol. The van der Waals surface area contributed by atoms with Crippen LogP contribution >= 0.6 is 0 Å². The van der Waals surface area contributed by atoms with Crippen LogP contribution in [0.25, 0.3) is 0 Å². The Morgan fingerprint density at radius 3 is 2.47 bits per heavy atom. The Labute approximate surface area is 105 Å². The molecule has 0 aromatic rings. The van der Waals surface area contributed by atoms with Crippen molar-refractivity contribution in [1.82, 2.24) is 5.32 Å². The molecule has 17 heavy (non-hydrogen) atoms. The van der Waals surface area contributed by atoms with Crippen LogP contribution in [0, 0.1) is 5.92 Å². The van der Waals surface area contributed by atoms with Crippen molar-refractivity contribution >= 4 is 5.96 Å². The molecule has 0 spiro atoms. The normalized spacial score (nSPS) is 31.7. The van der Waals surface area contributed by atoms with Gasteiger partial charge in [-0.3, -0.25) is 0 Å². The summed E-state index contributed by atoms with van der Waals surface area (Å²) in [4.78, 5) is 4.74. The highest BCUT2D eigenvalue weighted by atomic mass is 15.1. The summed E-state index contributed by atoms with van der Waals surface area (Å²) in [6.07, 6.45) is 11.7. The van der Waals surface area contributed by atoms with Gasteiger partial charge in [0.1, 0.15) is 0 Å². The molecular formula is C14H27N3. The quantitative estimate of drug-likeness (QED) is 0.586. The first-order chi connectivity index (χ1) is 8.29. The van der Waals surface area contributed by atoms with Crippen molar-refractivity contribution in [3.63, 3.8) is 0 Å². The van der Waals surface area contributed by atoms with E-state index < -0.39 is 0 Å². The largest absolute Gasteiger partial charge is 0.370 e. The molecule has 0 radical (unpaired) electrons. The number of nitrogens with zero attached hydrogens (tertiary/aromatic N) is 1. The van der Waals surface area contributed by atoms with Crippen LogP contribution in [0.5, 0.6) is 0 Å². The number of hydrogen-bond donors (Lipinski definition) is 2. The highest BCUT2D eigenvalue weighted by Gasteiger charge is 2.23. The summed E-state index contributed by atoms with van der Waals surface area (Å²) in [6, 6.07) is 1.06. The fourth-order valence-corrected chi connectivity index (χ4v) is 3.33. The molecule has 2 unspecified atom stereocenters. The molecule has 2 aliphatic rings. The minimum atomic E-state index is 0.475. The van der Waals surface area contributed by atoms with Crippen molar-refractivity contribution in [3.05, 3.63) is 0 Å². The molecule has 0 aromatic carbocycles. The minimum absolute atomic E-state index is 0.475. The molecule has 0 saturated heterocycles. The number of nitrogens with one attached hydrogen (secondary N) is 1. The van der Waals surface area contributed by atoms with Crippen LogP contribution in [0.15, 0.2) is 4.99 Å². The highest BCUT2D eigenvalue weighted by molar-refractivity contribution is 5.78. The van der Waals surface area contributed by atoms with Gasteiger partial charge in [0.05, 0.1) is 6.04 Å². The summed E-state index contributed by atoms with van der Waals surface area (Å²) in [7, 11) is 0. The molecule has 0 amide bonds.